The van der Waals surface area contributed by atoms with Crippen molar-refractivity contribution in [2.75, 3.05) is 37.0 Å². The summed E-state index contributed by atoms with van der Waals surface area (Å²) in [5.74, 6) is 1.45. The highest BCUT2D eigenvalue weighted by Crippen LogP contribution is 2.25. The first-order chi connectivity index (χ1) is 10.5. The summed E-state index contributed by atoms with van der Waals surface area (Å²) < 4.78 is 0. The zero-order valence-corrected chi connectivity index (χ0v) is 13.8. The Morgan fingerprint density at radius 3 is 2.77 bits per heavy atom. The average molecular weight is 306 g/mol. The highest BCUT2D eigenvalue weighted by Gasteiger charge is 2.36. The molecule has 7 nitrogen and oxygen atoms in total. The number of amides is 1. The van der Waals surface area contributed by atoms with Gasteiger partial charge in [0.25, 0.3) is 0 Å². The van der Waals surface area contributed by atoms with Gasteiger partial charge in [-0.25, -0.2) is 4.98 Å². The van der Waals surface area contributed by atoms with Crippen LogP contribution < -0.4 is 20.9 Å². The number of hydrogen-bond donors (Lipinski definition) is 2. The van der Waals surface area contributed by atoms with Crippen molar-refractivity contribution in [1.29, 1.82) is 0 Å². The molecule has 1 aromatic rings. The first-order valence-electron chi connectivity index (χ1n) is 7.81. The van der Waals surface area contributed by atoms with E-state index in [1.54, 1.807) is 0 Å². The number of aromatic nitrogens is 2. The molecule has 0 aliphatic carbocycles. The highest BCUT2D eigenvalue weighted by atomic mass is 16.2. The van der Waals surface area contributed by atoms with Crippen LogP contribution in [0, 0.1) is 0 Å². The van der Waals surface area contributed by atoms with E-state index in [2.05, 4.69) is 22.2 Å². The van der Waals surface area contributed by atoms with Crippen LogP contribution >= 0.6 is 0 Å². The predicted molar refractivity (Wildman–Crippen MR) is 88.1 cm³/mol. The Labute approximate surface area is 131 Å². The Morgan fingerprint density at radius 2 is 2.18 bits per heavy atom. The van der Waals surface area contributed by atoms with Gasteiger partial charge < -0.3 is 20.9 Å². The SMILES string of the molecule is CCNC(=O)[C@@H]1C[C@H](N)CN1c1cc(CC)nc(N(C)C)n1. The van der Waals surface area contributed by atoms with Crippen LogP contribution in [-0.2, 0) is 11.2 Å². The molecule has 1 amide bonds. The van der Waals surface area contributed by atoms with E-state index in [4.69, 9.17) is 5.73 Å². The maximum absolute atomic E-state index is 12.3. The minimum atomic E-state index is -0.260. The van der Waals surface area contributed by atoms with Crippen molar-refractivity contribution in [2.24, 2.45) is 5.73 Å². The Balaban J connectivity index is 2.35. The number of carbonyl (C=O) groups is 1. The molecule has 3 N–H and O–H groups in total. The molecule has 122 valence electrons. The number of hydrogen-bond acceptors (Lipinski definition) is 6. The molecule has 2 rings (SSSR count). The molecular weight excluding hydrogens is 280 g/mol. The van der Waals surface area contributed by atoms with Gasteiger partial charge in [-0.05, 0) is 19.8 Å². The molecule has 2 atom stereocenters. The Kier molecular flexibility index (Phi) is 5.18. The van der Waals surface area contributed by atoms with Crippen LogP contribution in [0.5, 0.6) is 0 Å². The molecule has 1 aliphatic heterocycles. The van der Waals surface area contributed by atoms with Crippen molar-refractivity contribution >= 4 is 17.7 Å². The Morgan fingerprint density at radius 1 is 1.45 bits per heavy atom. The van der Waals surface area contributed by atoms with Crippen LogP contribution in [0.4, 0.5) is 11.8 Å². The number of nitrogens with two attached hydrogens (primary N) is 1. The van der Waals surface area contributed by atoms with Crippen molar-refractivity contribution in [1.82, 2.24) is 15.3 Å². The van der Waals surface area contributed by atoms with Crippen LogP contribution in [0.1, 0.15) is 26.0 Å². The predicted octanol–water partition coefficient (Wildman–Crippen LogP) is 0.147. The Bertz CT molecular complexity index is 533. The van der Waals surface area contributed by atoms with Crippen LogP contribution in [0.3, 0.4) is 0 Å². The summed E-state index contributed by atoms with van der Waals surface area (Å²) in [5.41, 5.74) is 7.04. The molecular formula is C15H26N6O. The molecule has 1 fully saturated rings. The molecule has 2 heterocycles. The maximum Gasteiger partial charge on any atom is 0.242 e. The molecule has 22 heavy (non-hydrogen) atoms. The molecule has 1 saturated heterocycles. The number of nitrogens with one attached hydrogen (secondary N) is 1. The lowest BCUT2D eigenvalue weighted by atomic mass is 10.1. The third kappa shape index (κ3) is 3.47. The van der Waals surface area contributed by atoms with Gasteiger partial charge in [0.2, 0.25) is 11.9 Å². The van der Waals surface area contributed by atoms with Crippen molar-refractivity contribution in [3.63, 3.8) is 0 Å². The van der Waals surface area contributed by atoms with E-state index in [0.717, 1.165) is 17.9 Å². The molecule has 0 bridgehead atoms. The summed E-state index contributed by atoms with van der Waals surface area (Å²) in [6, 6.07) is 1.68. The number of anilines is 2. The van der Waals surface area contributed by atoms with Gasteiger partial charge in [0.05, 0.1) is 0 Å². The van der Waals surface area contributed by atoms with Gasteiger partial charge in [0.1, 0.15) is 11.9 Å². The minimum Gasteiger partial charge on any atom is -0.355 e. The van der Waals surface area contributed by atoms with Gasteiger partial charge >= 0.3 is 0 Å². The largest absolute Gasteiger partial charge is 0.355 e. The monoisotopic (exact) mass is 306 g/mol. The average Bonchev–Trinajstić information content (AvgIpc) is 2.89. The zero-order valence-electron chi connectivity index (χ0n) is 13.8. The molecule has 0 aromatic carbocycles. The fourth-order valence-electron chi connectivity index (χ4n) is 2.66. The highest BCUT2D eigenvalue weighted by molar-refractivity contribution is 5.85. The van der Waals surface area contributed by atoms with E-state index < -0.39 is 0 Å². The smallest absolute Gasteiger partial charge is 0.242 e. The second-order valence-corrected chi connectivity index (χ2v) is 5.82. The van der Waals surface area contributed by atoms with E-state index in [1.807, 2.05) is 36.9 Å². The lowest BCUT2D eigenvalue weighted by molar-refractivity contribution is -0.122. The number of likely N-dealkylation sites (N-methyl/N-ethyl adjacent to an activating group) is 1. The summed E-state index contributed by atoms with van der Waals surface area (Å²) in [7, 11) is 3.82. The van der Waals surface area contributed by atoms with E-state index in [1.165, 1.54) is 0 Å². The number of rotatable bonds is 5. The molecule has 0 radical (unpaired) electrons. The van der Waals surface area contributed by atoms with Gasteiger partial charge in [0.15, 0.2) is 0 Å². The summed E-state index contributed by atoms with van der Waals surface area (Å²) in [5, 5.41) is 2.88. The van der Waals surface area contributed by atoms with E-state index in [-0.39, 0.29) is 18.0 Å². The second kappa shape index (κ2) is 6.91. The van der Waals surface area contributed by atoms with Crippen molar-refractivity contribution < 1.29 is 4.79 Å². The molecule has 1 aliphatic rings. The van der Waals surface area contributed by atoms with Crippen molar-refractivity contribution in [3.05, 3.63) is 11.8 Å². The summed E-state index contributed by atoms with van der Waals surface area (Å²) in [6.07, 6.45) is 1.47. The van der Waals surface area contributed by atoms with E-state index in [9.17, 15) is 4.79 Å². The van der Waals surface area contributed by atoms with Gasteiger partial charge in [-0.2, -0.15) is 4.98 Å². The minimum absolute atomic E-state index is 0.0125. The standard InChI is InChI=1S/C15H26N6O/c1-5-11-8-13(19-15(18-11)20(3)4)21-9-10(16)7-12(21)14(22)17-6-2/h8,10,12H,5-7,9,16H2,1-4H3,(H,17,22)/t10-,12-/m0/s1. The van der Waals surface area contributed by atoms with E-state index in [0.29, 0.717) is 25.5 Å². The van der Waals surface area contributed by atoms with E-state index >= 15 is 0 Å². The van der Waals surface area contributed by atoms with Gasteiger partial charge in [-0.3, -0.25) is 4.79 Å². The van der Waals surface area contributed by atoms with Gasteiger partial charge in [-0.1, -0.05) is 6.92 Å². The molecule has 1 aromatic heterocycles. The van der Waals surface area contributed by atoms with Crippen LogP contribution in [0.25, 0.3) is 0 Å². The van der Waals surface area contributed by atoms with Gasteiger partial charge in [0, 0.05) is 45.0 Å². The fourth-order valence-corrected chi connectivity index (χ4v) is 2.66. The third-order valence-corrected chi connectivity index (χ3v) is 3.80. The quantitative estimate of drug-likeness (QED) is 0.805. The van der Waals surface area contributed by atoms with Crippen LogP contribution in [0.15, 0.2) is 6.07 Å². The number of aryl methyl sites for hydroxylation is 1. The molecule has 0 spiro atoms. The summed E-state index contributed by atoms with van der Waals surface area (Å²) >= 11 is 0. The third-order valence-electron chi connectivity index (χ3n) is 3.80. The Hall–Kier alpha value is -1.89. The second-order valence-electron chi connectivity index (χ2n) is 5.82. The topological polar surface area (TPSA) is 87.4 Å². The van der Waals surface area contributed by atoms with Crippen LogP contribution in [0.2, 0.25) is 0 Å². The lowest BCUT2D eigenvalue weighted by Gasteiger charge is -2.26. The number of nitrogens with zero attached hydrogens (tertiary/aromatic N) is 4. The molecule has 0 unspecified atom stereocenters. The maximum atomic E-state index is 12.3. The fraction of sp³-hybridized carbons (Fsp3) is 0.667. The van der Waals surface area contributed by atoms with Crippen LogP contribution in [-0.4, -0.2) is 55.1 Å². The summed E-state index contributed by atoms with van der Waals surface area (Å²) in [6.45, 7) is 5.23. The van der Waals surface area contributed by atoms with Crippen molar-refractivity contribution in [2.45, 2.75) is 38.8 Å². The molecule has 7 heteroatoms. The first-order valence-corrected chi connectivity index (χ1v) is 7.81. The lowest BCUT2D eigenvalue weighted by Crippen LogP contribution is -2.43. The molecule has 0 saturated carbocycles. The number of carbonyl (C=O) groups excluding carboxylic acids is 1. The van der Waals surface area contributed by atoms with Crippen molar-refractivity contribution in [3.8, 4) is 0 Å². The first kappa shape index (κ1) is 16.5. The zero-order chi connectivity index (χ0) is 16.3. The van der Waals surface area contributed by atoms with Gasteiger partial charge in [-0.15, -0.1) is 0 Å². The normalized spacial score (nSPS) is 21.0. The summed E-state index contributed by atoms with van der Waals surface area (Å²) in [4.78, 5) is 25.3.